The monoisotopic (exact) mass is 1480 g/mol. The summed E-state index contributed by atoms with van der Waals surface area (Å²) in [5.74, 6) is 0. The molecule has 0 N–H and O–H groups in total. The predicted octanol–water partition coefficient (Wildman–Crippen LogP) is 28.6. The fourth-order valence-corrected chi connectivity index (χ4v) is 30.8. The highest BCUT2D eigenvalue weighted by Gasteiger charge is 2.27. The minimum Gasteiger partial charge on any atom is -0.0900 e. The molecule has 24 bridgehead atoms. The van der Waals surface area contributed by atoms with Crippen LogP contribution in [0.1, 0.15) is 0 Å². The van der Waals surface area contributed by atoms with Gasteiger partial charge in [0, 0.05) is 176 Å². The van der Waals surface area contributed by atoms with E-state index in [1.54, 1.807) is 0 Å². The maximum atomic E-state index is 2.40. The van der Waals surface area contributed by atoms with Gasteiger partial charge in [-0.1, -0.05) is 212 Å². The fraction of sp³-hybridized carbons (Fsp3) is 0. The van der Waals surface area contributed by atoms with Gasteiger partial charge in [-0.2, -0.15) is 0 Å². The number of fused-ring (bicyclic) bond motifs is 12. The Balaban J connectivity index is 0.614. The molecule has 0 saturated carbocycles. The van der Waals surface area contributed by atoms with E-state index in [9.17, 15) is 0 Å². The van der Waals surface area contributed by atoms with Gasteiger partial charge in [0.15, 0.2) is 0 Å². The number of benzene rings is 12. The number of rotatable bonds is 0. The summed E-state index contributed by atoms with van der Waals surface area (Å²) >= 11 is 33.9. The van der Waals surface area contributed by atoms with Crippen molar-refractivity contribution in [3.63, 3.8) is 0 Å². The summed E-state index contributed by atoms with van der Waals surface area (Å²) in [6.45, 7) is 0. The van der Waals surface area contributed by atoms with E-state index in [-0.39, 0.29) is 0 Å². The molecule has 0 unspecified atom stereocenters. The fourth-order valence-electron chi connectivity index (χ4n) is 10.8. The first-order valence-corrected chi connectivity index (χ1v) is 42.9. The molecule has 0 radical (unpaired) electrons. The lowest BCUT2D eigenvalue weighted by molar-refractivity contribution is 1.09. The van der Waals surface area contributed by atoms with Crippen LogP contribution in [0.25, 0.3) is 0 Å². The van der Waals surface area contributed by atoms with Crippen molar-refractivity contribution in [2.45, 2.75) is 176 Å². The summed E-state index contributed by atoms with van der Waals surface area (Å²) in [6, 6.07) is 84.2. The van der Waals surface area contributed by atoms with Crippen LogP contribution < -0.4 is 0 Å². The highest BCUT2D eigenvalue weighted by molar-refractivity contribution is 8.08. The van der Waals surface area contributed by atoms with Crippen LogP contribution in [0.2, 0.25) is 0 Å². The van der Waals surface area contributed by atoms with Crippen molar-refractivity contribution in [3.05, 3.63) is 218 Å². The van der Waals surface area contributed by atoms with E-state index in [0.717, 1.165) is 0 Å². The zero-order chi connectivity index (χ0) is 59.0. The molecule has 7 aliphatic rings. The van der Waals surface area contributed by atoms with Gasteiger partial charge in [0.1, 0.15) is 0 Å². The maximum Gasteiger partial charge on any atom is 0.0273 e. The van der Waals surface area contributed by atoms with Crippen molar-refractivity contribution < 1.29 is 0 Å². The minimum absolute atomic E-state index is 1.26. The second-order valence-electron chi connectivity index (χ2n) is 21.1. The molecule has 7 heterocycles. The van der Waals surface area contributed by atoms with Crippen LogP contribution in [0.5, 0.6) is 0 Å². The first-order valence-electron chi connectivity index (χ1n) is 28.2. The van der Waals surface area contributed by atoms with Crippen molar-refractivity contribution in [1.29, 1.82) is 0 Å². The Labute approximate surface area is 598 Å². The predicted molar refractivity (Wildman–Crippen MR) is 392 cm³/mol. The van der Waals surface area contributed by atoms with Crippen LogP contribution in [0.3, 0.4) is 0 Å². The van der Waals surface area contributed by atoms with Crippen LogP contribution in [0.15, 0.2) is 395 Å². The van der Waals surface area contributed by atoms with Gasteiger partial charge < -0.3 is 0 Å². The van der Waals surface area contributed by atoms with E-state index in [1.807, 2.05) is 212 Å². The lowest BCUT2D eigenvalue weighted by atomic mass is 10.3. The SMILES string of the molecule is c1cc2c3cc1Sc1ccc4c(c1)Sc1cc(ccc1S4)Sc1ccc4c(c1)Sc1cc(ccc1S4)Sc1ccc4c(c1)Sc1cc(ccc1S4)Sc1ccc4c(c1)Sc1cc(ccc1S4)Sc1ccc4c(c1)Sc1cc(ccc1S4)Sc1ccc(c(c1)S3)S2. The molecule has 12 aromatic rings. The molecule has 18 heteroatoms. The Hall–Kier alpha value is -3.06. The van der Waals surface area contributed by atoms with Gasteiger partial charge >= 0.3 is 0 Å². The van der Waals surface area contributed by atoms with Crippen LogP contribution in [-0.2, 0) is 0 Å². The van der Waals surface area contributed by atoms with Crippen LogP contribution in [0, 0.1) is 0 Å². The second kappa shape index (κ2) is 24.5. The third-order valence-electron chi connectivity index (χ3n) is 15.0. The van der Waals surface area contributed by atoms with Gasteiger partial charge in [0.2, 0.25) is 0 Å². The van der Waals surface area contributed by atoms with Gasteiger partial charge in [-0.05, 0) is 218 Å². The number of hydrogen-bond acceptors (Lipinski definition) is 18. The highest BCUT2D eigenvalue weighted by atomic mass is 32.2. The molecule has 7 aliphatic heterocycles. The lowest BCUT2D eigenvalue weighted by Crippen LogP contribution is -1.92. The van der Waals surface area contributed by atoms with Gasteiger partial charge in [0.05, 0.1) is 0 Å². The maximum absolute atomic E-state index is 2.40. The van der Waals surface area contributed by atoms with Crippen molar-refractivity contribution in [2.75, 3.05) is 0 Å². The molecule has 12 aromatic carbocycles. The Morgan fingerprint density at radius 2 is 0.178 bits per heavy atom. The van der Waals surface area contributed by atoms with E-state index in [2.05, 4.69) is 218 Å². The Morgan fingerprint density at radius 3 is 0.278 bits per heavy atom. The van der Waals surface area contributed by atoms with E-state index in [0.29, 0.717) is 0 Å². The highest BCUT2D eigenvalue weighted by Crippen LogP contribution is 2.59. The topological polar surface area (TPSA) is 0 Å². The zero-order valence-corrected chi connectivity index (χ0v) is 60.8. The molecule has 0 amide bonds. The Kier molecular flexibility index (Phi) is 15.9. The van der Waals surface area contributed by atoms with E-state index in [4.69, 9.17) is 0 Å². The lowest BCUT2D eigenvalue weighted by Gasteiger charge is -2.21. The standard InChI is InChI=1S/C72H36S18/c1-13-49-61-25-37(1)73-38-2-14-51-62(26-38)86-64-28-40(4-16-52(64)80-51)75-42-6-18-54-66(30-42)88-68-32-44(8-20-56(68)82-54)77-46-10-22-58-70(34-46)90-72-36-48(12-24-60(72)84-58)78-47-11-23-59-71(35-47)89-69-33-45(9-21-57(69)83-59)76-43-7-19-55-67(31-43)87-65-29-41(5-17-53(65)81-55)74-39-3-15-50(79-49)63(27-39)85-61/h1-36H. The second-order valence-corrected chi connectivity index (χ2v) is 41.0. The average molecular weight is 1480 g/mol. The van der Waals surface area contributed by atoms with E-state index >= 15 is 0 Å². The summed E-state index contributed by atoms with van der Waals surface area (Å²) in [5.41, 5.74) is 0. The Bertz CT molecular complexity index is 3970. The molecule has 90 heavy (non-hydrogen) atoms. The molecule has 0 saturated heterocycles. The molecular weight excluding hydrogens is 1440 g/mol. The molecule has 0 nitrogen and oxygen atoms in total. The first kappa shape index (κ1) is 58.3. The van der Waals surface area contributed by atoms with Crippen molar-refractivity contribution in [2.24, 2.45) is 0 Å². The molecule has 432 valence electrons. The van der Waals surface area contributed by atoms with Crippen LogP contribution in [0.4, 0.5) is 0 Å². The molecule has 0 aliphatic carbocycles. The summed E-state index contributed by atoms with van der Waals surface area (Å²) in [5, 5.41) is 0. The molecule has 0 atom stereocenters. The van der Waals surface area contributed by atoms with Crippen molar-refractivity contribution >= 4 is 212 Å². The summed E-state index contributed by atoms with van der Waals surface area (Å²) in [6.07, 6.45) is 0. The third kappa shape index (κ3) is 11.8. The van der Waals surface area contributed by atoms with E-state index < -0.39 is 0 Å². The van der Waals surface area contributed by atoms with E-state index in [1.165, 1.54) is 176 Å². The quantitative estimate of drug-likeness (QED) is 0.141. The largest absolute Gasteiger partial charge is 0.0900 e. The van der Waals surface area contributed by atoms with Crippen LogP contribution >= 0.6 is 212 Å². The van der Waals surface area contributed by atoms with Crippen LogP contribution in [-0.4, -0.2) is 0 Å². The molecule has 0 fully saturated rings. The Morgan fingerprint density at radius 1 is 0.0889 bits per heavy atom. The molecule has 0 spiro atoms. The molecule has 0 aromatic heterocycles. The summed E-state index contributed by atoms with van der Waals surface area (Å²) in [4.78, 5) is 46.9. The first-order chi connectivity index (χ1) is 44.3. The zero-order valence-electron chi connectivity index (χ0n) is 46.1. The summed E-state index contributed by atoms with van der Waals surface area (Å²) < 4.78 is 0. The van der Waals surface area contributed by atoms with Crippen molar-refractivity contribution in [1.82, 2.24) is 0 Å². The molecule has 19 rings (SSSR count). The van der Waals surface area contributed by atoms with Gasteiger partial charge in [-0.25, -0.2) is 0 Å². The average Bonchev–Trinajstić information content (AvgIpc) is 1.84. The van der Waals surface area contributed by atoms with Gasteiger partial charge in [-0.15, -0.1) is 0 Å². The number of hydrogen-bond donors (Lipinski definition) is 0. The minimum atomic E-state index is 1.26. The summed E-state index contributed by atoms with van der Waals surface area (Å²) in [7, 11) is 0. The van der Waals surface area contributed by atoms with Gasteiger partial charge in [-0.3, -0.25) is 0 Å². The smallest absolute Gasteiger partial charge is 0.0273 e. The normalized spacial score (nSPS) is 15.2. The van der Waals surface area contributed by atoms with Crippen molar-refractivity contribution in [3.8, 4) is 0 Å². The van der Waals surface area contributed by atoms with Gasteiger partial charge in [0.25, 0.3) is 0 Å². The molecular formula is C72H36S18. The third-order valence-corrected chi connectivity index (χ3v) is 36.1.